The average molecular weight is 242 g/mol. The second-order valence-corrected chi connectivity index (χ2v) is 5.74. The van der Waals surface area contributed by atoms with Crippen molar-refractivity contribution in [1.82, 2.24) is 4.90 Å². The Labute approximate surface area is 104 Å². The molecule has 1 atom stereocenters. The van der Waals surface area contributed by atoms with Crippen molar-refractivity contribution in [3.8, 4) is 0 Å². The molecule has 0 aliphatic carbocycles. The summed E-state index contributed by atoms with van der Waals surface area (Å²) in [5.41, 5.74) is 6.25. The molecule has 17 heavy (non-hydrogen) atoms. The molecule has 0 aromatic carbocycles. The fourth-order valence-corrected chi connectivity index (χ4v) is 3.15. The van der Waals surface area contributed by atoms with Crippen molar-refractivity contribution in [3.63, 3.8) is 0 Å². The Morgan fingerprint density at radius 2 is 2.12 bits per heavy atom. The molecule has 2 saturated heterocycles. The summed E-state index contributed by atoms with van der Waals surface area (Å²) in [5, 5.41) is 9.26. The van der Waals surface area contributed by atoms with Crippen LogP contribution in [-0.2, 0) is 4.74 Å². The molecule has 2 fully saturated rings. The zero-order chi connectivity index (χ0) is 12.1. The third kappa shape index (κ3) is 3.41. The fraction of sp³-hybridized carbons (Fsp3) is 1.00. The molecule has 0 bridgehead atoms. The van der Waals surface area contributed by atoms with Crippen molar-refractivity contribution < 1.29 is 9.84 Å². The molecule has 2 aliphatic rings. The largest absolute Gasteiger partial charge is 0.396 e. The van der Waals surface area contributed by atoms with Crippen LogP contribution in [0.4, 0.5) is 0 Å². The van der Waals surface area contributed by atoms with Gasteiger partial charge < -0.3 is 20.5 Å². The third-order valence-electron chi connectivity index (χ3n) is 4.41. The first-order chi connectivity index (χ1) is 8.28. The Kier molecular flexibility index (Phi) is 4.79. The van der Waals surface area contributed by atoms with Crippen LogP contribution in [0, 0.1) is 11.3 Å². The van der Waals surface area contributed by atoms with Gasteiger partial charge in [0, 0.05) is 32.9 Å². The van der Waals surface area contributed by atoms with Gasteiger partial charge in [-0.2, -0.15) is 0 Å². The van der Waals surface area contributed by atoms with Crippen LogP contribution in [0.1, 0.15) is 25.7 Å². The number of nitrogens with two attached hydrogens (primary N) is 1. The van der Waals surface area contributed by atoms with Gasteiger partial charge in [-0.3, -0.25) is 0 Å². The van der Waals surface area contributed by atoms with Crippen LogP contribution in [-0.4, -0.2) is 56.0 Å². The van der Waals surface area contributed by atoms with E-state index in [0.717, 1.165) is 45.7 Å². The maximum Gasteiger partial charge on any atom is 0.0472 e. The maximum atomic E-state index is 9.26. The summed E-state index contributed by atoms with van der Waals surface area (Å²) in [6.45, 7) is 6.09. The molecule has 0 saturated carbocycles. The minimum Gasteiger partial charge on any atom is -0.396 e. The van der Waals surface area contributed by atoms with Crippen molar-refractivity contribution in [2.24, 2.45) is 17.1 Å². The SMILES string of the molecule is NCC1(CN2CCCC(CO)C2)CCOCC1. The van der Waals surface area contributed by atoms with E-state index in [1.165, 1.54) is 19.4 Å². The molecule has 2 aliphatic heterocycles. The molecule has 100 valence electrons. The van der Waals surface area contributed by atoms with E-state index >= 15 is 0 Å². The van der Waals surface area contributed by atoms with Crippen LogP contribution in [0.5, 0.6) is 0 Å². The number of piperidine rings is 1. The molecule has 0 aromatic rings. The average Bonchev–Trinajstić information content (AvgIpc) is 2.40. The van der Waals surface area contributed by atoms with Crippen LogP contribution in [0.25, 0.3) is 0 Å². The minimum atomic E-state index is 0.260. The van der Waals surface area contributed by atoms with Gasteiger partial charge in [0.25, 0.3) is 0 Å². The van der Waals surface area contributed by atoms with Crippen molar-refractivity contribution in [2.45, 2.75) is 25.7 Å². The van der Waals surface area contributed by atoms with E-state index in [9.17, 15) is 5.11 Å². The van der Waals surface area contributed by atoms with Crippen LogP contribution in [0.3, 0.4) is 0 Å². The van der Waals surface area contributed by atoms with E-state index in [4.69, 9.17) is 10.5 Å². The molecular formula is C13H26N2O2. The molecule has 3 N–H and O–H groups in total. The van der Waals surface area contributed by atoms with Gasteiger partial charge in [0.2, 0.25) is 0 Å². The molecule has 0 spiro atoms. The van der Waals surface area contributed by atoms with Gasteiger partial charge in [0.1, 0.15) is 0 Å². The van der Waals surface area contributed by atoms with E-state index in [1.54, 1.807) is 0 Å². The molecular weight excluding hydrogens is 216 g/mol. The minimum absolute atomic E-state index is 0.260. The molecule has 1 unspecified atom stereocenters. The van der Waals surface area contributed by atoms with Gasteiger partial charge in [-0.05, 0) is 50.1 Å². The number of ether oxygens (including phenoxy) is 1. The number of hydrogen-bond acceptors (Lipinski definition) is 4. The summed E-state index contributed by atoms with van der Waals surface area (Å²) in [7, 11) is 0. The van der Waals surface area contributed by atoms with E-state index < -0.39 is 0 Å². The van der Waals surface area contributed by atoms with Gasteiger partial charge in [-0.15, -0.1) is 0 Å². The van der Waals surface area contributed by atoms with Gasteiger partial charge in [0.05, 0.1) is 0 Å². The van der Waals surface area contributed by atoms with Crippen molar-refractivity contribution >= 4 is 0 Å². The van der Waals surface area contributed by atoms with E-state index in [2.05, 4.69) is 4.90 Å². The molecule has 0 amide bonds. The maximum absolute atomic E-state index is 9.26. The molecule has 0 aromatic heterocycles. The summed E-state index contributed by atoms with van der Waals surface area (Å²) in [6.07, 6.45) is 4.56. The number of hydrogen-bond donors (Lipinski definition) is 2. The lowest BCUT2D eigenvalue weighted by atomic mass is 9.79. The van der Waals surface area contributed by atoms with E-state index in [0.29, 0.717) is 12.5 Å². The predicted molar refractivity (Wildman–Crippen MR) is 67.8 cm³/mol. The zero-order valence-corrected chi connectivity index (χ0v) is 10.7. The Bertz CT molecular complexity index is 229. The first-order valence-electron chi connectivity index (χ1n) is 6.89. The lowest BCUT2D eigenvalue weighted by molar-refractivity contribution is -0.00959. The van der Waals surface area contributed by atoms with Gasteiger partial charge in [0.15, 0.2) is 0 Å². The number of likely N-dealkylation sites (tertiary alicyclic amines) is 1. The van der Waals surface area contributed by atoms with Crippen LogP contribution in [0.15, 0.2) is 0 Å². The smallest absolute Gasteiger partial charge is 0.0472 e. The Morgan fingerprint density at radius 1 is 1.35 bits per heavy atom. The van der Waals surface area contributed by atoms with Crippen LogP contribution < -0.4 is 5.73 Å². The topological polar surface area (TPSA) is 58.7 Å². The molecule has 2 rings (SSSR count). The van der Waals surface area contributed by atoms with Crippen LogP contribution >= 0.6 is 0 Å². The summed E-state index contributed by atoms with van der Waals surface area (Å²) in [6, 6.07) is 0. The third-order valence-corrected chi connectivity index (χ3v) is 4.41. The molecule has 0 radical (unpaired) electrons. The van der Waals surface area contributed by atoms with E-state index in [1.807, 2.05) is 0 Å². The summed E-state index contributed by atoms with van der Waals surface area (Å²) in [5.74, 6) is 0.471. The van der Waals surface area contributed by atoms with Crippen molar-refractivity contribution in [1.29, 1.82) is 0 Å². The molecule has 4 nitrogen and oxygen atoms in total. The highest BCUT2D eigenvalue weighted by molar-refractivity contribution is 4.87. The number of nitrogens with zero attached hydrogens (tertiary/aromatic N) is 1. The predicted octanol–water partition coefficient (Wildman–Crippen LogP) is 0.446. The highest BCUT2D eigenvalue weighted by atomic mass is 16.5. The van der Waals surface area contributed by atoms with Crippen LogP contribution in [0.2, 0.25) is 0 Å². The van der Waals surface area contributed by atoms with Gasteiger partial charge in [-0.1, -0.05) is 0 Å². The first kappa shape index (κ1) is 13.3. The van der Waals surface area contributed by atoms with Crippen molar-refractivity contribution in [2.75, 3.05) is 46.0 Å². The lowest BCUT2D eigenvalue weighted by Crippen LogP contribution is -2.49. The summed E-state index contributed by atoms with van der Waals surface area (Å²) < 4.78 is 5.44. The second kappa shape index (κ2) is 6.14. The van der Waals surface area contributed by atoms with Gasteiger partial charge >= 0.3 is 0 Å². The number of aliphatic hydroxyl groups is 1. The standard InChI is InChI=1S/C13H26N2O2/c14-10-13(3-6-17-7-4-13)11-15-5-1-2-12(8-15)9-16/h12,16H,1-11,14H2. The summed E-state index contributed by atoms with van der Waals surface area (Å²) in [4.78, 5) is 2.50. The molecule has 2 heterocycles. The summed E-state index contributed by atoms with van der Waals surface area (Å²) >= 11 is 0. The first-order valence-corrected chi connectivity index (χ1v) is 6.89. The normalized spacial score (nSPS) is 30.4. The highest BCUT2D eigenvalue weighted by Gasteiger charge is 2.34. The van der Waals surface area contributed by atoms with Crippen molar-refractivity contribution in [3.05, 3.63) is 0 Å². The molecule has 4 heteroatoms. The number of rotatable bonds is 4. The Balaban J connectivity index is 1.88. The number of aliphatic hydroxyl groups excluding tert-OH is 1. The monoisotopic (exact) mass is 242 g/mol. The highest BCUT2D eigenvalue weighted by Crippen LogP contribution is 2.31. The van der Waals surface area contributed by atoms with E-state index in [-0.39, 0.29) is 5.41 Å². The Hall–Kier alpha value is -0.160. The zero-order valence-electron chi connectivity index (χ0n) is 10.7. The lowest BCUT2D eigenvalue weighted by Gasteiger charge is -2.42. The van der Waals surface area contributed by atoms with Gasteiger partial charge in [-0.25, -0.2) is 0 Å². The Morgan fingerprint density at radius 3 is 2.76 bits per heavy atom. The quantitative estimate of drug-likeness (QED) is 0.751. The second-order valence-electron chi connectivity index (χ2n) is 5.74. The fourth-order valence-electron chi connectivity index (χ4n) is 3.15.